The molecule has 2 rings (SSSR count). The Morgan fingerprint density at radius 3 is 2.38 bits per heavy atom. The van der Waals surface area contributed by atoms with E-state index in [0.29, 0.717) is 6.54 Å². The minimum Gasteiger partial charge on any atom is -0.495 e. The topological polar surface area (TPSA) is 96.0 Å². The molecule has 186 valence electrons. The number of ether oxygens (including phenoxy) is 1. The number of nitrogens with one attached hydrogen (secondary N) is 1. The van der Waals surface area contributed by atoms with E-state index in [1.54, 1.807) is 24.3 Å². The first kappa shape index (κ1) is 27.1. The van der Waals surface area contributed by atoms with E-state index in [0.717, 1.165) is 23.4 Å². The summed E-state index contributed by atoms with van der Waals surface area (Å²) in [6, 6.07) is 11.4. The molecule has 0 bridgehead atoms. The summed E-state index contributed by atoms with van der Waals surface area (Å²) in [5.74, 6) is -1.31. The van der Waals surface area contributed by atoms with Gasteiger partial charge in [-0.25, -0.2) is 12.8 Å². The molecule has 0 aliphatic rings. The van der Waals surface area contributed by atoms with Crippen LogP contribution in [0.3, 0.4) is 0 Å². The third-order valence-electron chi connectivity index (χ3n) is 5.33. The van der Waals surface area contributed by atoms with Crippen LogP contribution in [0.1, 0.15) is 32.3 Å². The van der Waals surface area contributed by atoms with E-state index in [2.05, 4.69) is 5.32 Å². The van der Waals surface area contributed by atoms with E-state index >= 15 is 0 Å². The Labute approximate surface area is 200 Å². The van der Waals surface area contributed by atoms with Crippen molar-refractivity contribution >= 4 is 27.5 Å². The number of amides is 2. The predicted molar refractivity (Wildman–Crippen MR) is 130 cm³/mol. The Kier molecular flexibility index (Phi) is 9.85. The van der Waals surface area contributed by atoms with Gasteiger partial charge in [-0.15, -0.1) is 0 Å². The highest BCUT2D eigenvalue weighted by Gasteiger charge is 2.31. The van der Waals surface area contributed by atoms with E-state index in [-0.39, 0.29) is 23.5 Å². The third kappa shape index (κ3) is 7.18. The molecule has 0 saturated carbocycles. The molecule has 0 aliphatic carbocycles. The lowest BCUT2D eigenvalue weighted by Gasteiger charge is -2.31. The summed E-state index contributed by atoms with van der Waals surface area (Å²) in [5, 5.41) is 2.77. The molecule has 0 radical (unpaired) electrons. The highest BCUT2D eigenvalue weighted by molar-refractivity contribution is 7.92. The van der Waals surface area contributed by atoms with Gasteiger partial charge in [0.2, 0.25) is 21.8 Å². The standard InChI is InChI=1S/C24H32FN3O5S/c1-5-6-15-26-24(30)18(2)27(16-19-11-7-8-12-20(19)25)23(29)17-28(34(4,31)32)21-13-9-10-14-22(21)33-3/h7-14,18H,5-6,15-17H2,1-4H3,(H,26,30). The highest BCUT2D eigenvalue weighted by atomic mass is 32.2. The van der Waals surface area contributed by atoms with Crippen molar-refractivity contribution in [1.29, 1.82) is 0 Å². The zero-order valence-corrected chi connectivity index (χ0v) is 20.8. The first-order chi connectivity index (χ1) is 16.1. The molecular formula is C24H32FN3O5S. The van der Waals surface area contributed by atoms with E-state index in [4.69, 9.17) is 4.74 Å². The Hall–Kier alpha value is -3.14. The summed E-state index contributed by atoms with van der Waals surface area (Å²) in [6.45, 7) is 3.19. The van der Waals surface area contributed by atoms with Crippen LogP contribution in [0.15, 0.2) is 48.5 Å². The molecule has 8 nitrogen and oxygen atoms in total. The zero-order chi connectivity index (χ0) is 25.3. The predicted octanol–water partition coefficient (Wildman–Crippen LogP) is 2.93. The average molecular weight is 494 g/mol. The summed E-state index contributed by atoms with van der Waals surface area (Å²) >= 11 is 0. The molecule has 1 unspecified atom stereocenters. The van der Waals surface area contributed by atoms with Gasteiger partial charge in [-0.05, 0) is 31.5 Å². The van der Waals surface area contributed by atoms with Crippen LogP contribution in [-0.2, 0) is 26.2 Å². The average Bonchev–Trinajstić information content (AvgIpc) is 2.80. The lowest BCUT2D eigenvalue weighted by molar-refractivity contribution is -0.139. The van der Waals surface area contributed by atoms with Crippen molar-refractivity contribution in [1.82, 2.24) is 10.2 Å². The molecule has 0 saturated heterocycles. The molecule has 0 heterocycles. The first-order valence-electron chi connectivity index (χ1n) is 11.0. The van der Waals surface area contributed by atoms with Crippen molar-refractivity contribution in [2.24, 2.45) is 0 Å². The smallest absolute Gasteiger partial charge is 0.244 e. The van der Waals surface area contributed by atoms with Crippen LogP contribution < -0.4 is 14.4 Å². The number of hydrogen-bond acceptors (Lipinski definition) is 5. The summed E-state index contributed by atoms with van der Waals surface area (Å²) in [4.78, 5) is 27.4. The number of nitrogens with zero attached hydrogens (tertiary/aromatic N) is 2. The van der Waals surface area contributed by atoms with Gasteiger partial charge in [-0.3, -0.25) is 13.9 Å². The van der Waals surface area contributed by atoms with Gasteiger partial charge in [-0.1, -0.05) is 43.7 Å². The van der Waals surface area contributed by atoms with Crippen LogP contribution >= 0.6 is 0 Å². The molecule has 1 atom stereocenters. The fourth-order valence-electron chi connectivity index (χ4n) is 3.36. The SMILES string of the molecule is CCCCNC(=O)C(C)N(Cc1ccccc1F)C(=O)CN(c1ccccc1OC)S(C)(=O)=O. The first-order valence-corrected chi connectivity index (χ1v) is 12.9. The zero-order valence-electron chi connectivity index (χ0n) is 20.0. The monoisotopic (exact) mass is 493 g/mol. The minimum absolute atomic E-state index is 0.187. The molecule has 2 amide bonds. The largest absolute Gasteiger partial charge is 0.495 e. The maximum atomic E-state index is 14.4. The van der Waals surface area contributed by atoms with Crippen molar-refractivity contribution in [2.45, 2.75) is 39.3 Å². The molecule has 0 aliphatic heterocycles. The van der Waals surface area contributed by atoms with Gasteiger partial charge >= 0.3 is 0 Å². The summed E-state index contributed by atoms with van der Waals surface area (Å²) in [6.07, 6.45) is 2.64. The maximum absolute atomic E-state index is 14.4. The highest BCUT2D eigenvalue weighted by Crippen LogP contribution is 2.29. The molecule has 10 heteroatoms. The number of para-hydroxylation sites is 2. The van der Waals surface area contributed by atoms with E-state index in [9.17, 15) is 22.4 Å². The number of carbonyl (C=O) groups excluding carboxylic acids is 2. The van der Waals surface area contributed by atoms with E-state index in [1.165, 1.54) is 43.2 Å². The van der Waals surface area contributed by atoms with Crippen molar-refractivity contribution in [2.75, 3.05) is 30.8 Å². The van der Waals surface area contributed by atoms with Gasteiger partial charge in [0.25, 0.3) is 0 Å². The number of carbonyl (C=O) groups is 2. The lowest BCUT2D eigenvalue weighted by atomic mass is 10.1. The number of rotatable bonds is 12. The maximum Gasteiger partial charge on any atom is 0.244 e. The van der Waals surface area contributed by atoms with Gasteiger partial charge in [0.15, 0.2) is 0 Å². The molecule has 34 heavy (non-hydrogen) atoms. The van der Waals surface area contributed by atoms with Crippen molar-refractivity contribution in [3.8, 4) is 5.75 Å². The molecule has 0 spiro atoms. The fraction of sp³-hybridized carbons (Fsp3) is 0.417. The van der Waals surface area contributed by atoms with Crippen molar-refractivity contribution in [3.05, 3.63) is 59.9 Å². The Morgan fingerprint density at radius 1 is 1.12 bits per heavy atom. The Balaban J connectivity index is 2.40. The van der Waals surface area contributed by atoms with Gasteiger partial charge in [0.1, 0.15) is 24.2 Å². The number of methoxy groups -OCH3 is 1. The number of anilines is 1. The second-order valence-electron chi connectivity index (χ2n) is 7.88. The number of halogens is 1. The normalized spacial score (nSPS) is 12.0. The molecule has 1 N–H and O–H groups in total. The molecule has 0 fully saturated rings. The second-order valence-corrected chi connectivity index (χ2v) is 9.78. The second kappa shape index (κ2) is 12.4. The molecule has 0 aromatic heterocycles. The van der Waals surface area contributed by atoms with E-state index < -0.39 is 40.2 Å². The third-order valence-corrected chi connectivity index (χ3v) is 6.45. The van der Waals surface area contributed by atoms with Crippen molar-refractivity contribution in [3.63, 3.8) is 0 Å². The number of benzene rings is 2. The Morgan fingerprint density at radius 2 is 1.76 bits per heavy atom. The lowest BCUT2D eigenvalue weighted by Crippen LogP contribution is -2.51. The Bertz CT molecular complexity index is 1090. The summed E-state index contributed by atoms with van der Waals surface area (Å²) < 4.78 is 45.8. The van der Waals surface area contributed by atoms with Gasteiger partial charge in [0.05, 0.1) is 19.1 Å². The van der Waals surface area contributed by atoms with Crippen LogP contribution in [0.5, 0.6) is 5.75 Å². The van der Waals surface area contributed by atoms with Crippen LogP contribution in [-0.4, -0.2) is 57.6 Å². The van der Waals surface area contributed by atoms with Gasteiger partial charge < -0.3 is 15.0 Å². The van der Waals surface area contributed by atoms with E-state index in [1.807, 2.05) is 6.92 Å². The number of hydrogen-bond donors (Lipinski definition) is 1. The summed E-state index contributed by atoms with van der Waals surface area (Å²) in [7, 11) is -2.50. The van der Waals surface area contributed by atoms with Gasteiger partial charge in [0, 0.05) is 18.7 Å². The molecular weight excluding hydrogens is 461 g/mol. The number of unbranched alkanes of at least 4 members (excludes halogenated alkanes) is 1. The van der Waals surface area contributed by atoms with Crippen molar-refractivity contribution < 1.29 is 27.1 Å². The molecule has 2 aromatic rings. The van der Waals surface area contributed by atoms with Gasteiger partial charge in [-0.2, -0.15) is 0 Å². The number of sulfonamides is 1. The van der Waals surface area contributed by atoms with Crippen LogP contribution in [0.25, 0.3) is 0 Å². The summed E-state index contributed by atoms with van der Waals surface area (Å²) in [5.41, 5.74) is 0.402. The fourth-order valence-corrected chi connectivity index (χ4v) is 4.21. The van der Waals surface area contributed by atoms with Crippen LogP contribution in [0.2, 0.25) is 0 Å². The quantitative estimate of drug-likeness (QED) is 0.459. The van der Waals surface area contributed by atoms with Crippen LogP contribution in [0.4, 0.5) is 10.1 Å². The minimum atomic E-state index is -3.89. The van der Waals surface area contributed by atoms with Crippen LogP contribution in [0, 0.1) is 5.82 Å². The molecule has 2 aromatic carbocycles.